The van der Waals surface area contributed by atoms with Crippen molar-refractivity contribution in [2.45, 2.75) is 6.92 Å². The van der Waals surface area contributed by atoms with Gasteiger partial charge in [0.05, 0.1) is 22.5 Å². The minimum Gasteiger partial charge on any atom is -0.295 e. The van der Waals surface area contributed by atoms with E-state index in [2.05, 4.69) is 15.1 Å². The van der Waals surface area contributed by atoms with Crippen LogP contribution in [0.1, 0.15) is 5.69 Å². The Kier molecular flexibility index (Phi) is 3.05. The van der Waals surface area contributed by atoms with E-state index >= 15 is 0 Å². The van der Waals surface area contributed by atoms with E-state index in [0.717, 1.165) is 22.3 Å². The molecule has 2 aromatic carbocycles. The molecule has 0 radical (unpaired) electrons. The number of para-hydroxylation sites is 2. The summed E-state index contributed by atoms with van der Waals surface area (Å²) in [6, 6.07) is 17.2. The molecular formula is C18H14N4O. The largest absolute Gasteiger partial charge is 0.295 e. The molecule has 112 valence electrons. The van der Waals surface area contributed by atoms with Crippen LogP contribution < -0.4 is 5.56 Å². The third-order valence-corrected chi connectivity index (χ3v) is 3.87. The van der Waals surface area contributed by atoms with Crippen molar-refractivity contribution >= 4 is 10.9 Å². The Morgan fingerprint density at radius 2 is 1.70 bits per heavy atom. The third-order valence-electron chi connectivity index (χ3n) is 3.87. The summed E-state index contributed by atoms with van der Waals surface area (Å²) in [4.78, 5) is 21.5. The molecule has 0 unspecified atom stereocenters. The van der Waals surface area contributed by atoms with E-state index in [1.54, 1.807) is 4.68 Å². The molecule has 4 aromatic rings. The molecule has 0 aliphatic heterocycles. The molecule has 0 amide bonds. The van der Waals surface area contributed by atoms with Crippen molar-refractivity contribution < 1.29 is 0 Å². The van der Waals surface area contributed by atoms with E-state index < -0.39 is 0 Å². The van der Waals surface area contributed by atoms with Gasteiger partial charge in [0, 0.05) is 11.1 Å². The van der Waals surface area contributed by atoms with Gasteiger partial charge in [-0.2, -0.15) is 0 Å². The minimum atomic E-state index is -0.113. The molecule has 0 aliphatic carbocycles. The summed E-state index contributed by atoms with van der Waals surface area (Å²) in [5, 5.41) is 4.01. The van der Waals surface area contributed by atoms with Crippen LogP contribution >= 0.6 is 0 Å². The number of aromatic nitrogens is 4. The van der Waals surface area contributed by atoms with Gasteiger partial charge in [-0.15, -0.1) is 0 Å². The van der Waals surface area contributed by atoms with Crippen molar-refractivity contribution in [1.82, 2.24) is 19.7 Å². The van der Waals surface area contributed by atoms with Gasteiger partial charge >= 0.3 is 0 Å². The Balaban J connectivity index is 2.00. The Morgan fingerprint density at radius 3 is 2.52 bits per heavy atom. The number of rotatable bonds is 2. The van der Waals surface area contributed by atoms with Gasteiger partial charge in [0.2, 0.25) is 0 Å². The molecule has 4 rings (SSSR count). The first-order valence-corrected chi connectivity index (χ1v) is 7.33. The lowest BCUT2D eigenvalue weighted by atomic mass is 10.1. The quantitative estimate of drug-likeness (QED) is 0.619. The van der Waals surface area contributed by atoms with Gasteiger partial charge in [-0.3, -0.25) is 9.89 Å². The van der Waals surface area contributed by atoms with Crippen molar-refractivity contribution in [3.05, 3.63) is 77.0 Å². The fourth-order valence-electron chi connectivity index (χ4n) is 2.79. The average molecular weight is 302 g/mol. The summed E-state index contributed by atoms with van der Waals surface area (Å²) in [6.45, 7) is 1.88. The first kappa shape index (κ1) is 13.5. The minimum absolute atomic E-state index is 0.113. The summed E-state index contributed by atoms with van der Waals surface area (Å²) in [5.74, 6) is 0. The highest BCUT2D eigenvalue weighted by molar-refractivity contribution is 5.92. The maximum absolute atomic E-state index is 12.9. The molecule has 0 saturated heterocycles. The topological polar surface area (TPSA) is 63.6 Å². The van der Waals surface area contributed by atoms with Crippen LogP contribution in [0.25, 0.3) is 27.8 Å². The molecule has 5 nitrogen and oxygen atoms in total. The highest BCUT2D eigenvalue weighted by Gasteiger charge is 2.17. The first-order valence-electron chi connectivity index (χ1n) is 7.33. The van der Waals surface area contributed by atoms with Crippen molar-refractivity contribution in [2.24, 2.45) is 0 Å². The number of fused-ring (bicyclic) bond motifs is 1. The highest BCUT2D eigenvalue weighted by Crippen LogP contribution is 2.25. The Bertz CT molecular complexity index is 1040. The zero-order chi connectivity index (χ0) is 15.8. The molecule has 1 N–H and O–H groups in total. The predicted molar refractivity (Wildman–Crippen MR) is 89.7 cm³/mol. The number of hydrogen-bond acceptors (Lipinski definition) is 3. The summed E-state index contributed by atoms with van der Waals surface area (Å²) >= 11 is 0. The molecule has 2 heterocycles. The summed E-state index contributed by atoms with van der Waals surface area (Å²) in [7, 11) is 0. The van der Waals surface area contributed by atoms with Gasteiger partial charge in [-0.1, -0.05) is 36.4 Å². The second-order valence-electron chi connectivity index (χ2n) is 5.33. The summed E-state index contributed by atoms with van der Waals surface area (Å²) in [5.41, 5.74) is 3.52. The van der Waals surface area contributed by atoms with E-state index in [4.69, 9.17) is 0 Å². The van der Waals surface area contributed by atoms with Crippen LogP contribution in [0, 0.1) is 6.92 Å². The lowest BCUT2D eigenvalue weighted by Crippen LogP contribution is -2.16. The molecule has 5 heteroatoms. The monoisotopic (exact) mass is 302 g/mol. The zero-order valence-electron chi connectivity index (χ0n) is 12.5. The Labute approximate surface area is 132 Å². The third kappa shape index (κ3) is 2.14. The van der Waals surface area contributed by atoms with Gasteiger partial charge in [0.25, 0.3) is 5.56 Å². The second kappa shape index (κ2) is 5.21. The second-order valence-corrected chi connectivity index (χ2v) is 5.33. The number of nitrogens with one attached hydrogen (secondary N) is 1. The fourth-order valence-corrected chi connectivity index (χ4v) is 2.79. The van der Waals surface area contributed by atoms with Crippen LogP contribution in [0.4, 0.5) is 0 Å². The molecule has 0 aliphatic rings. The molecule has 0 atom stereocenters. The standard InChI is InChI=1S/C18H14N4O/c1-12-16(17-14-9-5-6-10-15(14)19-11-20-17)18(23)22(21-12)13-7-3-2-4-8-13/h2-11,21H,1H3. The number of H-pyrrole nitrogens is 1. The van der Waals surface area contributed by atoms with Crippen LogP contribution in [-0.4, -0.2) is 19.7 Å². The van der Waals surface area contributed by atoms with E-state index in [-0.39, 0.29) is 5.56 Å². The summed E-state index contributed by atoms with van der Waals surface area (Å²) in [6.07, 6.45) is 1.50. The summed E-state index contributed by atoms with van der Waals surface area (Å²) < 4.78 is 1.54. The van der Waals surface area contributed by atoms with Crippen LogP contribution in [-0.2, 0) is 0 Å². The number of aromatic amines is 1. The molecular weight excluding hydrogens is 288 g/mol. The van der Waals surface area contributed by atoms with Crippen LogP contribution in [0.15, 0.2) is 65.7 Å². The molecule has 23 heavy (non-hydrogen) atoms. The van der Waals surface area contributed by atoms with Gasteiger partial charge in [0.15, 0.2) is 0 Å². The Morgan fingerprint density at radius 1 is 0.957 bits per heavy atom. The van der Waals surface area contributed by atoms with Crippen molar-refractivity contribution in [3.8, 4) is 16.9 Å². The number of hydrogen-bond donors (Lipinski definition) is 1. The van der Waals surface area contributed by atoms with Gasteiger partial charge < -0.3 is 0 Å². The first-order chi connectivity index (χ1) is 11.3. The van der Waals surface area contributed by atoms with E-state index in [1.165, 1.54) is 6.33 Å². The maximum Gasteiger partial charge on any atom is 0.280 e. The molecule has 2 aromatic heterocycles. The van der Waals surface area contributed by atoms with Crippen molar-refractivity contribution in [3.63, 3.8) is 0 Å². The Hall–Kier alpha value is -3.21. The number of benzene rings is 2. The molecule has 0 fully saturated rings. The van der Waals surface area contributed by atoms with Crippen LogP contribution in [0.2, 0.25) is 0 Å². The van der Waals surface area contributed by atoms with Gasteiger partial charge in [-0.05, 0) is 25.1 Å². The van der Waals surface area contributed by atoms with Gasteiger partial charge in [-0.25, -0.2) is 14.6 Å². The average Bonchev–Trinajstić information content (AvgIpc) is 2.90. The lowest BCUT2D eigenvalue weighted by molar-refractivity contribution is 0.835. The SMILES string of the molecule is Cc1[nH]n(-c2ccccc2)c(=O)c1-c1ncnc2ccccc12. The fraction of sp³-hybridized carbons (Fsp3) is 0.0556. The lowest BCUT2D eigenvalue weighted by Gasteiger charge is -2.02. The molecule has 0 spiro atoms. The maximum atomic E-state index is 12.9. The van der Waals surface area contributed by atoms with Crippen LogP contribution in [0.3, 0.4) is 0 Å². The van der Waals surface area contributed by atoms with E-state index in [0.29, 0.717) is 11.3 Å². The molecule has 0 bridgehead atoms. The van der Waals surface area contributed by atoms with E-state index in [9.17, 15) is 4.79 Å². The zero-order valence-corrected chi connectivity index (χ0v) is 12.5. The number of aryl methyl sites for hydroxylation is 1. The highest BCUT2D eigenvalue weighted by atomic mass is 16.1. The van der Waals surface area contributed by atoms with Crippen molar-refractivity contribution in [1.29, 1.82) is 0 Å². The molecule has 0 saturated carbocycles. The van der Waals surface area contributed by atoms with Crippen LogP contribution in [0.5, 0.6) is 0 Å². The number of nitrogens with zero attached hydrogens (tertiary/aromatic N) is 3. The normalized spacial score (nSPS) is 11.0. The predicted octanol–water partition coefficient (Wildman–Crippen LogP) is 3.08. The van der Waals surface area contributed by atoms with E-state index in [1.807, 2.05) is 61.5 Å². The van der Waals surface area contributed by atoms with Crippen molar-refractivity contribution in [2.75, 3.05) is 0 Å². The smallest absolute Gasteiger partial charge is 0.280 e. The van der Waals surface area contributed by atoms with Gasteiger partial charge in [0.1, 0.15) is 6.33 Å².